The molecule has 0 aromatic heterocycles. The van der Waals surface area contributed by atoms with Gasteiger partial charge in [0.25, 0.3) is 0 Å². The van der Waals surface area contributed by atoms with Crippen molar-refractivity contribution < 1.29 is 0 Å². The molecule has 0 amide bonds. The predicted molar refractivity (Wildman–Crippen MR) is 76.7 cm³/mol. The first-order valence-corrected chi connectivity index (χ1v) is 6.24. The lowest BCUT2D eigenvalue weighted by Gasteiger charge is -2.29. The van der Waals surface area contributed by atoms with Crippen LogP contribution in [0.25, 0.3) is 0 Å². The monoisotopic (exact) mass is 245 g/mol. The molecule has 0 aliphatic carbocycles. The summed E-state index contributed by atoms with van der Waals surface area (Å²) in [5.41, 5.74) is 2.97. The average molecular weight is 245 g/mol. The zero-order chi connectivity index (χ0) is 13.8. The Morgan fingerprint density at radius 2 is 2.00 bits per heavy atom. The number of aryl methyl sites for hydroxylation is 1. The van der Waals surface area contributed by atoms with Crippen molar-refractivity contribution in [3.05, 3.63) is 29.3 Å². The molecule has 18 heavy (non-hydrogen) atoms. The first-order valence-electron chi connectivity index (χ1n) is 6.24. The van der Waals surface area contributed by atoms with Gasteiger partial charge in [-0.15, -0.1) is 0 Å². The maximum Gasteiger partial charge on any atom is 0.101 e. The molecule has 0 aliphatic rings. The molecule has 0 spiro atoms. The van der Waals surface area contributed by atoms with Crippen LogP contribution in [0.5, 0.6) is 0 Å². The SMILES string of the molecule is Cc1cccc(C#N)c1NCC(C)(C)CN(C)C. The summed E-state index contributed by atoms with van der Waals surface area (Å²) in [5, 5.41) is 12.5. The molecule has 0 unspecified atom stereocenters. The van der Waals surface area contributed by atoms with Crippen LogP contribution in [0.3, 0.4) is 0 Å². The molecular formula is C15H23N3. The maximum atomic E-state index is 9.12. The van der Waals surface area contributed by atoms with Gasteiger partial charge in [-0.05, 0) is 38.1 Å². The van der Waals surface area contributed by atoms with Gasteiger partial charge in [0.2, 0.25) is 0 Å². The van der Waals surface area contributed by atoms with Crippen molar-refractivity contribution >= 4 is 5.69 Å². The van der Waals surface area contributed by atoms with Crippen LogP contribution in [0.2, 0.25) is 0 Å². The molecule has 1 aromatic carbocycles. The quantitative estimate of drug-likeness (QED) is 0.867. The maximum absolute atomic E-state index is 9.12. The van der Waals surface area contributed by atoms with E-state index in [0.717, 1.165) is 29.9 Å². The molecular weight excluding hydrogens is 222 g/mol. The second kappa shape index (κ2) is 5.88. The van der Waals surface area contributed by atoms with Gasteiger partial charge in [0.1, 0.15) is 6.07 Å². The highest BCUT2D eigenvalue weighted by Crippen LogP contribution is 2.23. The van der Waals surface area contributed by atoms with Crippen LogP contribution in [-0.4, -0.2) is 32.1 Å². The van der Waals surface area contributed by atoms with Gasteiger partial charge in [0.05, 0.1) is 11.3 Å². The van der Waals surface area contributed by atoms with Crippen molar-refractivity contribution in [3.63, 3.8) is 0 Å². The van der Waals surface area contributed by atoms with Crippen LogP contribution >= 0.6 is 0 Å². The molecule has 3 heteroatoms. The summed E-state index contributed by atoms with van der Waals surface area (Å²) in [4.78, 5) is 2.19. The average Bonchev–Trinajstić information content (AvgIpc) is 2.25. The van der Waals surface area contributed by atoms with E-state index in [-0.39, 0.29) is 5.41 Å². The molecule has 0 saturated heterocycles. The van der Waals surface area contributed by atoms with E-state index in [1.54, 1.807) is 0 Å². The number of anilines is 1. The third kappa shape index (κ3) is 4.05. The zero-order valence-electron chi connectivity index (χ0n) is 12.0. The van der Waals surface area contributed by atoms with Crippen molar-refractivity contribution in [2.24, 2.45) is 5.41 Å². The normalized spacial score (nSPS) is 11.4. The van der Waals surface area contributed by atoms with Gasteiger partial charge in [0.15, 0.2) is 0 Å². The van der Waals surface area contributed by atoms with E-state index >= 15 is 0 Å². The number of hydrogen-bond acceptors (Lipinski definition) is 3. The first kappa shape index (κ1) is 14.5. The second-order valence-electron chi connectivity index (χ2n) is 5.86. The van der Waals surface area contributed by atoms with E-state index in [9.17, 15) is 0 Å². The number of hydrogen-bond donors (Lipinski definition) is 1. The summed E-state index contributed by atoms with van der Waals surface area (Å²) in [7, 11) is 4.16. The highest BCUT2D eigenvalue weighted by molar-refractivity contribution is 5.62. The molecule has 0 bridgehead atoms. The summed E-state index contributed by atoms with van der Waals surface area (Å²) >= 11 is 0. The topological polar surface area (TPSA) is 39.1 Å². The van der Waals surface area contributed by atoms with E-state index in [2.05, 4.69) is 44.2 Å². The van der Waals surface area contributed by atoms with E-state index < -0.39 is 0 Å². The minimum absolute atomic E-state index is 0.165. The lowest BCUT2D eigenvalue weighted by Crippen LogP contribution is -2.34. The van der Waals surface area contributed by atoms with Crippen LogP contribution in [0.15, 0.2) is 18.2 Å². The Morgan fingerprint density at radius 3 is 2.56 bits per heavy atom. The molecule has 1 aromatic rings. The molecule has 1 N–H and O–H groups in total. The fourth-order valence-corrected chi connectivity index (χ4v) is 2.24. The highest BCUT2D eigenvalue weighted by atomic mass is 15.1. The molecule has 98 valence electrons. The first-order chi connectivity index (χ1) is 8.35. The van der Waals surface area contributed by atoms with Crippen molar-refractivity contribution in [1.29, 1.82) is 5.26 Å². The van der Waals surface area contributed by atoms with Crippen molar-refractivity contribution in [2.45, 2.75) is 20.8 Å². The fourth-order valence-electron chi connectivity index (χ4n) is 2.24. The highest BCUT2D eigenvalue weighted by Gasteiger charge is 2.19. The van der Waals surface area contributed by atoms with Gasteiger partial charge in [-0.1, -0.05) is 26.0 Å². The number of para-hydroxylation sites is 1. The molecule has 0 fully saturated rings. The van der Waals surface area contributed by atoms with Gasteiger partial charge in [-0.3, -0.25) is 0 Å². The summed E-state index contributed by atoms with van der Waals surface area (Å²) in [6.45, 7) is 8.34. The summed E-state index contributed by atoms with van der Waals surface area (Å²) in [5.74, 6) is 0. The van der Waals surface area contributed by atoms with Crippen LogP contribution in [0.4, 0.5) is 5.69 Å². The smallest absolute Gasteiger partial charge is 0.101 e. The van der Waals surface area contributed by atoms with Gasteiger partial charge in [-0.2, -0.15) is 5.26 Å². The van der Waals surface area contributed by atoms with E-state index in [0.29, 0.717) is 0 Å². The van der Waals surface area contributed by atoms with Crippen molar-refractivity contribution in [2.75, 3.05) is 32.5 Å². The van der Waals surface area contributed by atoms with Crippen LogP contribution in [0, 0.1) is 23.7 Å². The molecule has 0 aliphatic heterocycles. The summed E-state index contributed by atoms with van der Waals surface area (Å²) in [6, 6.07) is 8.05. The zero-order valence-corrected chi connectivity index (χ0v) is 12.0. The molecule has 0 heterocycles. The minimum atomic E-state index is 0.165. The van der Waals surface area contributed by atoms with Crippen molar-refractivity contribution in [3.8, 4) is 6.07 Å². The Hall–Kier alpha value is -1.53. The van der Waals surface area contributed by atoms with Gasteiger partial charge in [0, 0.05) is 13.1 Å². The van der Waals surface area contributed by atoms with E-state index in [1.165, 1.54) is 0 Å². The van der Waals surface area contributed by atoms with Gasteiger partial charge >= 0.3 is 0 Å². The van der Waals surface area contributed by atoms with Gasteiger partial charge < -0.3 is 10.2 Å². The third-order valence-electron chi connectivity index (χ3n) is 2.88. The standard InChI is InChI=1S/C15H23N3/c1-12-7-6-8-13(9-16)14(12)17-10-15(2,3)11-18(4)5/h6-8,17H,10-11H2,1-5H3. The number of benzene rings is 1. The number of nitrogens with one attached hydrogen (secondary N) is 1. The Kier molecular flexibility index (Phi) is 4.75. The second-order valence-corrected chi connectivity index (χ2v) is 5.86. The van der Waals surface area contributed by atoms with Crippen LogP contribution < -0.4 is 5.32 Å². The number of rotatable bonds is 5. The summed E-state index contributed by atoms with van der Waals surface area (Å²) in [6.07, 6.45) is 0. The fraction of sp³-hybridized carbons (Fsp3) is 0.533. The Balaban J connectivity index is 2.78. The largest absolute Gasteiger partial charge is 0.383 e. The molecule has 0 radical (unpaired) electrons. The lowest BCUT2D eigenvalue weighted by atomic mass is 9.92. The summed E-state index contributed by atoms with van der Waals surface area (Å²) < 4.78 is 0. The number of nitrogens with zero attached hydrogens (tertiary/aromatic N) is 2. The lowest BCUT2D eigenvalue weighted by molar-refractivity contribution is 0.254. The minimum Gasteiger partial charge on any atom is -0.383 e. The molecule has 1 rings (SSSR count). The van der Waals surface area contributed by atoms with Crippen molar-refractivity contribution in [1.82, 2.24) is 4.90 Å². The van der Waals surface area contributed by atoms with E-state index in [4.69, 9.17) is 5.26 Å². The van der Waals surface area contributed by atoms with Gasteiger partial charge in [-0.25, -0.2) is 0 Å². The molecule has 0 atom stereocenters. The predicted octanol–water partition coefficient (Wildman–Crippen LogP) is 2.87. The van der Waals surface area contributed by atoms with E-state index in [1.807, 2.05) is 25.1 Å². The Labute approximate surface area is 110 Å². The molecule has 0 saturated carbocycles. The number of nitriles is 1. The van der Waals surface area contributed by atoms with Crippen LogP contribution in [-0.2, 0) is 0 Å². The Bertz CT molecular complexity index is 442. The third-order valence-corrected chi connectivity index (χ3v) is 2.88. The Morgan fingerprint density at radius 1 is 1.33 bits per heavy atom. The molecule has 3 nitrogen and oxygen atoms in total. The van der Waals surface area contributed by atoms with Crippen LogP contribution in [0.1, 0.15) is 25.0 Å².